The van der Waals surface area contributed by atoms with Gasteiger partial charge < -0.3 is 11.1 Å². The summed E-state index contributed by atoms with van der Waals surface area (Å²) < 4.78 is 0. The molecule has 1 fully saturated rings. The minimum Gasteiger partial charge on any atom is -0.369 e. The van der Waals surface area contributed by atoms with Gasteiger partial charge >= 0.3 is 0 Å². The van der Waals surface area contributed by atoms with Gasteiger partial charge in [0.15, 0.2) is 0 Å². The zero-order valence-electron chi connectivity index (χ0n) is 11.1. The number of pyridine rings is 1. The number of nitrogens with zero attached hydrogens (tertiary/aromatic N) is 2. The Morgan fingerprint density at radius 3 is 2.75 bits per heavy atom. The van der Waals surface area contributed by atoms with E-state index in [9.17, 15) is 4.79 Å². The van der Waals surface area contributed by atoms with Crippen LogP contribution in [-0.2, 0) is 11.3 Å². The lowest BCUT2D eigenvalue weighted by atomic mass is 10.0. The molecule has 110 valence electrons. The first-order valence-corrected chi connectivity index (χ1v) is 7.36. The van der Waals surface area contributed by atoms with Gasteiger partial charge in [0.1, 0.15) is 5.15 Å². The van der Waals surface area contributed by atoms with Gasteiger partial charge in [0, 0.05) is 12.6 Å². The van der Waals surface area contributed by atoms with Gasteiger partial charge in [-0.3, -0.25) is 9.69 Å². The van der Waals surface area contributed by atoms with Gasteiger partial charge in [-0.05, 0) is 38.1 Å². The number of aromatic nitrogens is 1. The van der Waals surface area contributed by atoms with Gasteiger partial charge in [0.25, 0.3) is 0 Å². The minimum atomic E-state index is -0.346. The number of rotatable bonds is 5. The predicted molar refractivity (Wildman–Crippen MR) is 79.8 cm³/mol. The van der Waals surface area contributed by atoms with E-state index in [0.29, 0.717) is 28.5 Å². The van der Waals surface area contributed by atoms with Crippen molar-refractivity contribution in [3.05, 3.63) is 28.0 Å². The van der Waals surface area contributed by atoms with E-state index >= 15 is 0 Å². The second-order valence-corrected chi connectivity index (χ2v) is 5.71. The van der Waals surface area contributed by atoms with Crippen LogP contribution in [0.1, 0.15) is 18.5 Å². The van der Waals surface area contributed by atoms with E-state index in [1.165, 1.54) is 0 Å². The van der Waals surface area contributed by atoms with Crippen LogP contribution >= 0.6 is 23.2 Å². The number of nitrogens with one attached hydrogen (secondary N) is 1. The van der Waals surface area contributed by atoms with E-state index in [-0.39, 0.29) is 12.5 Å². The third-order valence-corrected chi connectivity index (χ3v) is 3.98. The molecule has 1 aliphatic rings. The van der Waals surface area contributed by atoms with Gasteiger partial charge in [0.2, 0.25) is 5.91 Å². The highest BCUT2D eigenvalue weighted by atomic mass is 35.5. The third-order valence-electron chi connectivity index (χ3n) is 3.42. The van der Waals surface area contributed by atoms with Gasteiger partial charge in [0.05, 0.1) is 17.3 Å². The predicted octanol–water partition coefficient (Wildman–Crippen LogP) is 1.43. The van der Waals surface area contributed by atoms with Crippen molar-refractivity contribution in [3.63, 3.8) is 0 Å². The zero-order chi connectivity index (χ0) is 14.5. The highest BCUT2D eigenvalue weighted by Gasteiger charge is 2.23. The van der Waals surface area contributed by atoms with Crippen molar-refractivity contribution in [1.29, 1.82) is 0 Å². The molecule has 0 aromatic carbocycles. The van der Waals surface area contributed by atoms with E-state index in [0.717, 1.165) is 25.9 Å². The minimum absolute atomic E-state index is 0.204. The Hall–Kier alpha value is -0.880. The van der Waals surface area contributed by atoms with E-state index < -0.39 is 0 Å². The summed E-state index contributed by atoms with van der Waals surface area (Å²) in [5.74, 6) is -0.346. The Balaban J connectivity index is 2.13. The van der Waals surface area contributed by atoms with Crippen LogP contribution in [0.4, 0.5) is 0 Å². The molecule has 0 saturated carbocycles. The smallest absolute Gasteiger partial charge is 0.231 e. The number of piperidine rings is 1. The molecular weight excluding hydrogens is 299 g/mol. The lowest BCUT2D eigenvalue weighted by Gasteiger charge is -2.33. The van der Waals surface area contributed by atoms with E-state index in [1.807, 2.05) is 4.90 Å². The van der Waals surface area contributed by atoms with Crippen LogP contribution in [0.2, 0.25) is 10.2 Å². The molecule has 20 heavy (non-hydrogen) atoms. The standard InChI is InChI=1S/C13H18Cl2N4O/c14-10-1-2-12(15)18-11(10)7-19(8-13(16)20)9-3-5-17-6-4-9/h1-2,9,17H,3-8H2,(H2,16,20). The largest absolute Gasteiger partial charge is 0.369 e. The quantitative estimate of drug-likeness (QED) is 0.806. The summed E-state index contributed by atoms with van der Waals surface area (Å²) in [5.41, 5.74) is 6.03. The number of carbonyl (C=O) groups is 1. The summed E-state index contributed by atoms with van der Waals surface area (Å²) in [4.78, 5) is 17.6. The number of hydrogen-bond acceptors (Lipinski definition) is 4. The Morgan fingerprint density at radius 2 is 2.10 bits per heavy atom. The fourth-order valence-electron chi connectivity index (χ4n) is 2.45. The lowest BCUT2D eigenvalue weighted by molar-refractivity contribution is -0.120. The third kappa shape index (κ3) is 4.31. The van der Waals surface area contributed by atoms with Crippen LogP contribution in [0.15, 0.2) is 12.1 Å². The van der Waals surface area contributed by atoms with Crippen molar-refractivity contribution < 1.29 is 4.79 Å². The summed E-state index contributed by atoms with van der Waals surface area (Å²) in [5, 5.41) is 4.25. The first kappa shape index (κ1) is 15.5. The van der Waals surface area contributed by atoms with Crippen molar-refractivity contribution >= 4 is 29.1 Å². The average molecular weight is 317 g/mol. The van der Waals surface area contributed by atoms with E-state index in [2.05, 4.69) is 10.3 Å². The molecule has 1 amide bonds. The van der Waals surface area contributed by atoms with Crippen LogP contribution in [0, 0.1) is 0 Å². The van der Waals surface area contributed by atoms with Crippen molar-refractivity contribution in [2.24, 2.45) is 5.73 Å². The molecule has 0 unspecified atom stereocenters. The molecule has 1 saturated heterocycles. The molecule has 2 rings (SSSR count). The SMILES string of the molecule is NC(=O)CN(Cc1nc(Cl)ccc1Cl)C1CCNCC1. The zero-order valence-corrected chi connectivity index (χ0v) is 12.6. The maximum absolute atomic E-state index is 11.3. The van der Waals surface area contributed by atoms with E-state index in [4.69, 9.17) is 28.9 Å². The Labute approximate surface area is 128 Å². The molecule has 0 atom stereocenters. The highest BCUT2D eigenvalue weighted by Crippen LogP contribution is 2.21. The molecule has 1 aromatic rings. The molecular formula is C13H18Cl2N4O. The second kappa shape index (κ2) is 7.22. The van der Waals surface area contributed by atoms with Crippen LogP contribution in [0.5, 0.6) is 0 Å². The fourth-order valence-corrected chi connectivity index (χ4v) is 2.78. The summed E-state index contributed by atoms with van der Waals surface area (Å²) in [6, 6.07) is 3.67. The summed E-state index contributed by atoms with van der Waals surface area (Å²) in [7, 11) is 0. The highest BCUT2D eigenvalue weighted by molar-refractivity contribution is 6.32. The molecule has 5 nitrogen and oxygen atoms in total. The molecule has 1 aliphatic heterocycles. The van der Waals surface area contributed by atoms with Gasteiger partial charge in [-0.2, -0.15) is 0 Å². The topological polar surface area (TPSA) is 71.2 Å². The molecule has 0 radical (unpaired) electrons. The Morgan fingerprint density at radius 1 is 1.40 bits per heavy atom. The monoisotopic (exact) mass is 316 g/mol. The van der Waals surface area contributed by atoms with Crippen LogP contribution < -0.4 is 11.1 Å². The van der Waals surface area contributed by atoms with Crippen molar-refractivity contribution in [2.45, 2.75) is 25.4 Å². The molecule has 2 heterocycles. The van der Waals surface area contributed by atoms with Crippen LogP contribution in [0.25, 0.3) is 0 Å². The maximum atomic E-state index is 11.3. The van der Waals surface area contributed by atoms with Crippen molar-refractivity contribution in [2.75, 3.05) is 19.6 Å². The first-order chi connectivity index (χ1) is 9.56. The van der Waals surface area contributed by atoms with Crippen LogP contribution in [-0.4, -0.2) is 41.5 Å². The number of primary amides is 1. The van der Waals surface area contributed by atoms with Gasteiger partial charge in [-0.25, -0.2) is 4.98 Å². The number of carbonyl (C=O) groups excluding carboxylic acids is 1. The molecule has 0 aliphatic carbocycles. The van der Waals surface area contributed by atoms with Gasteiger partial charge in [-0.15, -0.1) is 0 Å². The normalized spacial score (nSPS) is 16.6. The summed E-state index contributed by atoms with van der Waals surface area (Å²) in [6.07, 6.45) is 1.96. The Bertz CT molecular complexity index is 477. The number of halogens is 2. The molecule has 0 spiro atoms. The lowest BCUT2D eigenvalue weighted by Crippen LogP contribution is -2.46. The first-order valence-electron chi connectivity index (χ1n) is 6.60. The number of nitrogens with two attached hydrogens (primary N) is 1. The molecule has 7 heteroatoms. The molecule has 1 aromatic heterocycles. The van der Waals surface area contributed by atoms with Crippen molar-refractivity contribution in [1.82, 2.24) is 15.2 Å². The number of amides is 1. The molecule has 0 bridgehead atoms. The van der Waals surface area contributed by atoms with Crippen molar-refractivity contribution in [3.8, 4) is 0 Å². The molecule has 3 N–H and O–H groups in total. The summed E-state index contributed by atoms with van der Waals surface area (Å²) >= 11 is 12.0. The fraction of sp³-hybridized carbons (Fsp3) is 0.538. The van der Waals surface area contributed by atoms with Gasteiger partial charge in [-0.1, -0.05) is 23.2 Å². The maximum Gasteiger partial charge on any atom is 0.231 e. The number of hydrogen-bond donors (Lipinski definition) is 2. The summed E-state index contributed by atoms with van der Waals surface area (Å²) in [6.45, 7) is 2.56. The van der Waals surface area contributed by atoms with E-state index in [1.54, 1.807) is 12.1 Å². The Kier molecular flexibility index (Phi) is 5.60. The van der Waals surface area contributed by atoms with Crippen LogP contribution in [0.3, 0.4) is 0 Å². The average Bonchev–Trinajstić information content (AvgIpc) is 2.42. The second-order valence-electron chi connectivity index (χ2n) is 4.91.